The van der Waals surface area contributed by atoms with Crippen molar-refractivity contribution in [1.82, 2.24) is 4.98 Å². The SMILES string of the molecule is N#C/C(=C\c1ccc(OCC(=O)Nc2ccccc2)cc1)c1nc2ccccc2o1. The molecular formula is C24H17N3O3. The van der Waals surface area contributed by atoms with Crippen molar-refractivity contribution in [2.75, 3.05) is 11.9 Å². The second-order valence-corrected chi connectivity index (χ2v) is 6.43. The molecule has 0 aliphatic rings. The Morgan fingerprint density at radius 2 is 1.77 bits per heavy atom. The van der Waals surface area contributed by atoms with Crippen molar-refractivity contribution < 1.29 is 13.9 Å². The largest absolute Gasteiger partial charge is 0.484 e. The Balaban J connectivity index is 1.41. The van der Waals surface area contributed by atoms with Gasteiger partial charge in [-0.3, -0.25) is 4.79 Å². The van der Waals surface area contributed by atoms with Crippen LogP contribution in [0.15, 0.2) is 83.3 Å². The molecule has 0 radical (unpaired) electrons. The number of fused-ring (bicyclic) bond motifs is 1. The van der Waals surface area contributed by atoms with Crippen molar-refractivity contribution in [1.29, 1.82) is 5.26 Å². The van der Waals surface area contributed by atoms with Gasteiger partial charge in [0.15, 0.2) is 12.2 Å². The number of nitriles is 1. The zero-order valence-corrected chi connectivity index (χ0v) is 15.9. The van der Waals surface area contributed by atoms with Gasteiger partial charge in [0.1, 0.15) is 22.9 Å². The second kappa shape index (κ2) is 8.76. The van der Waals surface area contributed by atoms with Gasteiger partial charge in [0.25, 0.3) is 5.91 Å². The first-order valence-electron chi connectivity index (χ1n) is 9.27. The highest BCUT2D eigenvalue weighted by atomic mass is 16.5. The Kier molecular flexibility index (Phi) is 5.54. The van der Waals surface area contributed by atoms with E-state index in [-0.39, 0.29) is 18.4 Å². The lowest BCUT2D eigenvalue weighted by molar-refractivity contribution is -0.118. The summed E-state index contributed by atoms with van der Waals surface area (Å²) in [4.78, 5) is 16.3. The third kappa shape index (κ3) is 4.54. The third-order valence-corrected chi connectivity index (χ3v) is 4.26. The van der Waals surface area contributed by atoms with Crippen LogP contribution in [-0.4, -0.2) is 17.5 Å². The lowest BCUT2D eigenvalue weighted by Crippen LogP contribution is -2.20. The number of hydrogen-bond acceptors (Lipinski definition) is 5. The highest BCUT2D eigenvalue weighted by Crippen LogP contribution is 2.23. The lowest BCUT2D eigenvalue weighted by atomic mass is 10.1. The van der Waals surface area contributed by atoms with Gasteiger partial charge in [-0.1, -0.05) is 42.5 Å². The van der Waals surface area contributed by atoms with Gasteiger partial charge in [0, 0.05) is 5.69 Å². The van der Waals surface area contributed by atoms with Crippen LogP contribution in [0.2, 0.25) is 0 Å². The molecule has 0 saturated carbocycles. The second-order valence-electron chi connectivity index (χ2n) is 6.43. The number of hydrogen-bond donors (Lipinski definition) is 1. The predicted molar refractivity (Wildman–Crippen MR) is 115 cm³/mol. The van der Waals surface area contributed by atoms with Gasteiger partial charge in [-0.05, 0) is 48.0 Å². The number of nitrogens with zero attached hydrogens (tertiary/aromatic N) is 2. The van der Waals surface area contributed by atoms with E-state index in [9.17, 15) is 10.1 Å². The molecule has 1 heterocycles. The van der Waals surface area contributed by atoms with E-state index in [0.29, 0.717) is 22.4 Å². The van der Waals surface area contributed by atoms with Gasteiger partial charge in [-0.2, -0.15) is 5.26 Å². The minimum atomic E-state index is -0.243. The zero-order valence-electron chi connectivity index (χ0n) is 15.9. The molecule has 1 amide bonds. The molecule has 1 aromatic heterocycles. The summed E-state index contributed by atoms with van der Waals surface area (Å²) in [7, 11) is 0. The van der Waals surface area contributed by atoms with E-state index >= 15 is 0 Å². The first kappa shape index (κ1) is 19.0. The summed E-state index contributed by atoms with van der Waals surface area (Å²) in [5, 5.41) is 12.3. The quantitative estimate of drug-likeness (QED) is 0.469. The monoisotopic (exact) mass is 395 g/mol. The van der Waals surface area contributed by atoms with Crippen LogP contribution in [0, 0.1) is 11.3 Å². The van der Waals surface area contributed by atoms with Gasteiger partial charge in [0.2, 0.25) is 5.89 Å². The number of para-hydroxylation sites is 3. The van der Waals surface area contributed by atoms with Crippen molar-refractivity contribution in [2.45, 2.75) is 0 Å². The van der Waals surface area contributed by atoms with E-state index in [2.05, 4.69) is 16.4 Å². The molecule has 3 aromatic carbocycles. The smallest absolute Gasteiger partial charge is 0.262 e. The number of allylic oxidation sites excluding steroid dienone is 1. The number of oxazole rings is 1. The van der Waals surface area contributed by atoms with Crippen LogP contribution in [0.1, 0.15) is 11.5 Å². The molecule has 0 saturated heterocycles. The van der Waals surface area contributed by atoms with Crippen molar-refractivity contribution in [3.8, 4) is 11.8 Å². The molecule has 4 rings (SSSR count). The number of ether oxygens (including phenoxy) is 1. The average molecular weight is 395 g/mol. The number of benzene rings is 3. The number of anilines is 1. The lowest BCUT2D eigenvalue weighted by Gasteiger charge is -2.07. The molecule has 146 valence electrons. The molecule has 0 fully saturated rings. The van der Waals surface area contributed by atoms with Gasteiger partial charge in [-0.25, -0.2) is 4.98 Å². The Morgan fingerprint density at radius 3 is 2.50 bits per heavy atom. The van der Waals surface area contributed by atoms with E-state index in [1.54, 1.807) is 36.4 Å². The first-order valence-corrected chi connectivity index (χ1v) is 9.27. The van der Waals surface area contributed by atoms with E-state index < -0.39 is 0 Å². The third-order valence-electron chi connectivity index (χ3n) is 4.26. The maximum absolute atomic E-state index is 12.0. The van der Waals surface area contributed by atoms with Crippen molar-refractivity contribution in [3.05, 3.63) is 90.3 Å². The number of nitrogens with one attached hydrogen (secondary N) is 1. The summed E-state index contributed by atoms with van der Waals surface area (Å²) in [6.07, 6.45) is 1.69. The molecule has 0 aliphatic heterocycles. The highest BCUT2D eigenvalue weighted by molar-refractivity contribution is 5.92. The topological polar surface area (TPSA) is 88.1 Å². The minimum absolute atomic E-state index is 0.101. The van der Waals surface area contributed by atoms with Gasteiger partial charge in [-0.15, -0.1) is 0 Å². The number of aromatic nitrogens is 1. The summed E-state index contributed by atoms with van der Waals surface area (Å²) >= 11 is 0. The molecule has 0 atom stereocenters. The number of rotatable bonds is 6. The summed E-state index contributed by atoms with van der Waals surface area (Å²) in [5.74, 6) is 0.584. The molecule has 0 spiro atoms. The molecule has 4 aromatic rings. The van der Waals surface area contributed by atoms with Gasteiger partial charge in [0.05, 0.1) is 0 Å². The van der Waals surface area contributed by atoms with Crippen molar-refractivity contribution in [2.24, 2.45) is 0 Å². The van der Waals surface area contributed by atoms with Crippen LogP contribution in [0.5, 0.6) is 5.75 Å². The average Bonchev–Trinajstić information content (AvgIpc) is 3.21. The molecule has 0 bridgehead atoms. The predicted octanol–water partition coefficient (Wildman–Crippen LogP) is 4.91. The van der Waals surface area contributed by atoms with E-state index in [4.69, 9.17) is 9.15 Å². The number of amides is 1. The fourth-order valence-electron chi connectivity index (χ4n) is 2.82. The van der Waals surface area contributed by atoms with E-state index in [1.165, 1.54) is 0 Å². The summed E-state index contributed by atoms with van der Waals surface area (Å²) < 4.78 is 11.2. The Labute approximate surface area is 173 Å². The minimum Gasteiger partial charge on any atom is -0.484 e. The van der Waals surface area contributed by atoms with Gasteiger partial charge >= 0.3 is 0 Å². The van der Waals surface area contributed by atoms with Crippen molar-refractivity contribution >= 4 is 34.3 Å². The molecule has 30 heavy (non-hydrogen) atoms. The van der Waals surface area contributed by atoms with Crippen LogP contribution < -0.4 is 10.1 Å². The first-order chi connectivity index (χ1) is 14.7. The maximum Gasteiger partial charge on any atom is 0.262 e. The molecular weight excluding hydrogens is 378 g/mol. The van der Waals surface area contributed by atoms with Gasteiger partial charge < -0.3 is 14.5 Å². The number of carbonyl (C=O) groups excluding carboxylic acids is 1. The molecule has 0 unspecified atom stereocenters. The summed E-state index contributed by atoms with van der Waals surface area (Å²) in [6, 6.07) is 25.7. The molecule has 0 aliphatic carbocycles. The van der Waals surface area contributed by atoms with E-state index in [1.807, 2.05) is 48.5 Å². The summed E-state index contributed by atoms with van der Waals surface area (Å²) in [6.45, 7) is -0.101. The molecule has 1 N–H and O–H groups in total. The zero-order chi connectivity index (χ0) is 20.8. The molecule has 6 heteroatoms. The van der Waals surface area contributed by atoms with Crippen LogP contribution in [0.3, 0.4) is 0 Å². The maximum atomic E-state index is 12.0. The summed E-state index contributed by atoms with van der Waals surface area (Å²) in [5.41, 5.74) is 3.16. The Hall–Kier alpha value is -4.37. The fraction of sp³-hybridized carbons (Fsp3) is 0.0417. The Bertz CT molecular complexity index is 1200. The molecule has 6 nitrogen and oxygen atoms in total. The van der Waals surface area contributed by atoms with Crippen LogP contribution in [0.4, 0.5) is 5.69 Å². The number of carbonyl (C=O) groups is 1. The van der Waals surface area contributed by atoms with Crippen molar-refractivity contribution in [3.63, 3.8) is 0 Å². The van der Waals surface area contributed by atoms with E-state index in [0.717, 1.165) is 11.3 Å². The van der Waals surface area contributed by atoms with Crippen LogP contribution in [-0.2, 0) is 4.79 Å². The highest BCUT2D eigenvalue weighted by Gasteiger charge is 2.10. The Morgan fingerprint density at radius 1 is 1.03 bits per heavy atom. The fourth-order valence-corrected chi connectivity index (χ4v) is 2.82. The standard InChI is InChI=1S/C24H17N3O3/c25-15-18(24-27-21-8-4-5-9-22(21)30-24)14-17-10-12-20(13-11-17)29-16-23(28)26-19-6-2-1-3-7-19/h1-14H,16H2,(H,26,28)/b18-14+. The van der Waals surface area contributed by atoms with Crippen LogP contribution >= 0.6 is 0 Å². The van der Waals surface area contributed by atoms with Crippen LogP contribution in [0.25, 0.3) is 22.7 Å². The normalized spacial score (nSPS) is 11.1.